The molecule has 18 heavy (non-hydrogen) atoms. The van der Waals surface area contributed by atoms with Crippen LogP contribution in [0.15, 0.2) is 12.3 Å². The third-order valence-electron chi connectivity index (χ3n) is 2.13. The van der Waals surface area contributed by atoms with Gasteiger partial charge in [0.15, 0.2) is 6.10 Å². The molecule has 100 valence electrons. The molecular weight excluding hydrogens is 240 g/mol. The standard InChI is InChI=1S/C11H16N2O5/c1-4-17-10(14)9(7(2)3)18-8-5-6-13(12-8)11(15)16/h5-7,9H,4H2,1-3H3,(H,15,16). The summed E-state index contributed by atoms with van der Waals surface area (Å²) in [4.78, 5) is 22.3. The number of carboxylic acid groups (broad SMARTS) is 1. The monoisotopic (exact) mass is 256 g/mol. The molecule has 1 N–H and O–H groups in total. The van der Waals surface area contributed by atoms with E-state index in [1.54, 1.807) is 20.8 Å². The molecule has 0 fully saturated rings. The molecule has 1 heterocycles. The van der Waals surface area contributed by atoms with Gasteiger partial charge in [-0.2, -0.15) is 4.68 Å². The molecule has 7 heteroatoms. The number of nitrogens with zero attached hydrogens (tertiary/aromatic N) is 2. The third-order valence-corrected chi connectivity index (χ3v) is 2.13. The van der Waals surface area contributed by atoms with Gasteiger partial charge in [-0.3, -0.25) is 0 Å². The van der Waals surface area contributed by atoms with Crippen molar-refractivity contribution >= 4 is 12.1 Å². The summed E-state index contributed by atoms with van der Waals surface area (Å²) in [5.74, 6) is -0.527. The average molecular weight is 256 g/mol. The van der Waals surface area contributed by atoms with E-state index in [9.17, 15) is 9.59 Å². The van der Waals surface area contributed by atoms with E-state index in [4.69, 9.17) is 14.6 Å². The fraction of sp³-hybridized carbons (Fsp3) is 0.545. The van der Waals surface area contributed by atoms with Crippen LogP contribution >= 0.6 is 0 Å². The highest BCUT2D eigenvalue weighted by Crippen LogP contribution is 2.14. The second-order valence-corrected chi connectivity index (χ2v) is 3.92. The van der Waals surface area contributed by atoms with Crippen molar-refractivity contribution < 1.29 is 24.2 Å². The maximum absolute atomic E-state index is 11.6. The molecular formula is C11H16N2O5. The maximum atomic E-state index is 11.6. The Morgan fingerprint density at radius 3 is 2.61 bits per heavy atom. The zero-order valence-electron chi connectivity index (χ0n) is 10.5. The zero-order valence-corrected chi connectivity index (χ0v) is 10.5. The minimum Gasteiger partial charge on any atom is -0.463 e. The molecule has 1 rings (SSSR count). The SMILES string of the molecule is CCOC(=O)C(Oc1ccn(C(=O)O)n1)C(C)C. The van der Waals surface area contributed by atoms with E-state index in [-0.39, 0.29) is 18.4 Å². The van der Waals surface area contributed by atoms with Gasteiger partial charge in [0.25, 0.3) is 0 Å². The maximum Gasteiger partial charge on any atom is 0.432 e. The van der Waals surface area contributed by atoms with Crippen molar-refractivity contribution in [2.45, 2.75) is 26.9 Å². The highest BCUT2D eigenvalue weighted by molar-refractivity contribution is 5.75. The van der Waals surface area contributed by atoms with Crippen LogP contribution in [0.1, 0.15) is 20.8 Å². The van der Waals surface area contributed by atoms with Crippen molar-refractivity contribution in [1.29, 1.82) is 0 Å². The van der Waals surface area contributed by atoms with Crippen molar-refractivity contribution in [3.8, 4) is 5.88 Å². The van der Waals surface area contributed by atoms with Gasteiger partial charge in [0.1, 0.15) is 0 Å². The molecule has 7 nitrogen and oxygen atoms in total. The van der Waals surface area contributed by atoms with Gasteiger partial charge >= 0.3 is 12.1 Å². The number of carbonyl (C=O) groups excluding carboxylic acids is 1. The van der Waals surface area contributed by atoms with Gasteiger partial charge < -0.3 is 14.6 Å². The van der Waals surface area contributed by atoms with Crippen molar-refractivity contribution in [3.63, 3.8) is 0 Å². The topological polar surface area (TPSA) is 90.7 Å². The van der Waals surface area contributed by atoms with E-state index in [1.165, 1.54) is 12.3 Å². The van der Waals surface area contributed by atoms with Crippen molar-refractivity contribution in [1.82, 2.24) is 9.78 Å². The summed E-state index contributed by atoms with van der Waals surface area (Å²) in [5, 5.41) is 12.3. The Labute approximate surface area is 104 Å². The molecule has 0 aliphatic heterocycles. The summed E-state index contributed by atoms with van der Waals surface area (Å²) in [7, 11) is 0. The predicted molar refractivity (Wildman–Crippen MR) is 61.5 cm³/mol. The fourth-order valence-electron chi connectivity index (χ4n) is 1.29. The van der Waals surface area contributed by atoms with E-state index in [0.29, 0.717) is 4.68 Å². The van der Waals surface area contributed by atoms with Crippen LogP contribution in [0, 0.1) is 5.92 Å². The van der Waals surface area contributed by atoms with Gasteiger partial charge in [0.05, 0.1) is 6.61 Å². The van der Waals surface area contributed by atoms with Gasteiger partial charge in [-0.1, -0.05) is 13.8 Å². The summed E-state index contributed by atoms with van der Waals surface area (Å²) in [6.07, 6.45) is -0.788. The lowest BCUT2D eigenvalue weighted by Gasteiger charge is -2.18. The van der Waals surface area contributed by atoms with Crippen LogP contribution in [0.4, 0.5) is 4.79 Å². The molecule has 0 aliphatic rings. The largest absolute Gasteiger partial charge is 0.463 e. The smallest absolute Gasteiger partial charge is 0.432 e. The number of hydrogen-bond acceptors (Lipinski definition) is 5. The van der Waals surface area contributed by atoms with Crippen LogP contribution in [0.5, 0.6) is 5.88 Å². The normalized spacial score (nSPS) is 12.2. The van der Waals surface area contributed by atoms with Crippen LogP contribution in [0.25, 0.3) is 0 Å². The molecule has 1 atom stereocenters. The fourth-order valence-corrected chi connectivity index (χ4v) is 1.29. The lowest BCUT2D eigenvalue weighted by molar-refractivity contribution is -0.153. The minimum absolute atomic E-state index is 0.0733. The summed E-state index contributed by atoms with van der Waals surface area (Å²) in [6.45, 7) is 5.56. The molecule has 0 saturated heterocycles. The molecule has 0 bridgehead atoms. The molecule has 0 aliphatic carbocycles. The van der Waals surface area contributed by atoms with E-state index in [1.807, 2.05) is 0 Å². The first-order valence-electron chi connectivity index (χ1n) is 5.58. The molecule has 0 aromatic carbocycles. The quantitative estimate of drug-likeness (QED) is 0.800. The summed E-state index contributed by atoms with van der Waals surface area (Å²) >= 11 is 0. The lowest BCUT2D eigenvalue weighted by Crippen LogP contribution is -2.34. The van der Waals surface area contributed by atoms with E-state index >= 15 is 0 Å². The molecule has 1 unspecified atom stereocenters. The first-order chi connectivity index (χ1) is 8.45. The number of hydrogen-bond donors (Lipinski definition) is 1. The Kier molecular flexibility index (Phi) is 4.70. The van der Waals surface area contributed by atoms with E-state index < -0.39 is 18.2 Å². The summed E-state index contributed by atoms with van der Waals surface area (Å²) < 4.78 is 10.9. The summed E-state index contributed by atoms with van der Waals surface area (Å²) in [5.41, 5.74) is 0. The van der Waals surface area contributed by atoms with Crippen LogP contribution in [-0.4, -0.2) is 39.7 Å². The summed E-state index contributed by atoms with van der Waals surface area (Å²) in [6, 6.07) is 1.38. The Bertz CT molecular complexity index is 427. The Hall–Kier alpha value is -2.05. The van der Waals surface area contributed by atoms with Crippen LogP contribution in [0.3, 0.4) is 0 Å². The number of ether oxygens (including phenoxy) is 2. The van der Waals surface area contributed by atoms with E-state index in [2.05, 4.69) is 5.10 Å². The van der Waals surface area contributed by atoms with Crippen LogP contribution in [-0.2, 0) is 9.53 Å². The highest BCUT2D eigenvalue weighted by atomic mass is 16.6. The van der Waals surface area contributed by atoms with Gasteiger partial charge in [0, 0.05) is 18.2 Å². The Morgan fingerprint density at radius 2 is 2.17 bits per heavy atom. The second kappa shape index (κ2) is 6.04. The van der Waals surface area contributed by atoms with E-state index in [0.717, 1.165) is 0 Å². The van der Waals surface area contributed by atoms with Gasteiger partial charge in [0.2, 0.25) is 5.88 Å². The van der Waals surface area contributed by atoms with Crippen LogP contribution in [0.2, 0.25) is 0 Å². The first kappa shape index (κ1) is 14.0. The molecule has 1 aromatic heterocycles. The Morgan fingerprint density at radius 1 is 1.50 bits per heavy atom. The third kappa shape index (κ3) is 3.47. The predicted octanol–water partition coefficient (Wildman–Crippen LogP) is 1.38. The average Bonchev–Trinajstić information content (AvgIpc) is 2.74. The molecule has 1 aromatic rings. The second-order valence-electron chi connectivity index (χ2n) is 3.92. The van der Waals surface area contributed by atoms with Gasteiger partial charge in [-0.25, -0.2) is 9.59 Å². The number of carbonyl (C=O) groups is 2. The molecule has 0 spiro atoms. The number of aromatic nitrogens is 2. The van der Waals surface area contributed by atoms with Gasteiger partial charge in [-0.15, -0.1) is 5.10 Å². The first-order valence-corrected chi connectivity index (χ1v) is 5.58. The van der Waals surface area contributed by atoms with Crippen molar-refractivity contribution in [2.75, 3.05) is 6.61 Å². The zero-order chi connectivity index (χ0) is 13.7. The molecule has 0 radical (unpaired) electrons. The molecule has 0 amide bonds. The highest BCUT2D eigenvalue weighted by Gasteiger charge is 2.26. The number of esters is 1. The van der Waals surface area contributed by atoms with Crippen molar-refractivity contribution in [2.24, 2.45) is 5.92 Å². The molecule has 0 saturated carbocycles. The van der Waals surface area contributed by atoms with Gasteiger partial charge in [-0.05, 0) is 6.92 Å². The van der Waals surface area contributed by atoms with Crippen LogP contribution < -0.4 is 4.74 Å². The number of rotatable bonds is 5. The Balaban J connectivity index is 2.76. The minimum atomic E-state index is -1.22. The van der Waals surface area contributed by atoms with Crippen molar-refractivity contribution in [3.05, 3.63) is 12.3 Å². The lowest BCUT2D eigenvalue weighted by atomic mass is 10.1.